The van der Waals surface area contributed by atoms with Gasteiger partial charge in [-0.05, 0) is 18.9 Å². The monoisotopic (exact) mass is 326 g/mol. The fourth-order valence-electron chi connectivity index (χ4n) is 2.68. The first-order valence-electron chi connectivity index (χ1n) is 7.87. The Morgan fingerprint density at radius 1 is 1.35 bits per heavy atom. The lowest BCUT2D eigenvalue weighted by atomic mass is 9.92. The fraction of sp³-hybridized carbons (Fsp3) is 0.706. The molecule has 6 unspecified atom stereocenters. The van der Waals surface area contributed by atoms with Gasteiger partial charge < -0.3 is 24.8 Å². The van der Waals surface area contributed by atoms with Gasteiger partial charge in [0.2, 0.25) is 0 Å². The number of hydrogen-bond donors (Lipinski definition) is 3. The van der Waals surface area contributed by atoms with Crippen LogP contribution in [-0.4, -0.2) is 57.9 Å². The number of aliphatic hydroxyl groups is 3. The summed E-state index contributed by atoms with van der Waals surface area (Å²) in [6, 6.07) is 0. The van der Waals surface area contributed by atoms with Crippen LogP contribution in [0.25, 0.3) is 0 Å². The molecule has 1 heterocycles. The number of carbonyl (C=O) groups is 1. The molecule has 6 atom stereocenters. The van der Waals surface area contributed by atoms with Crippen molar-refractivity contribution in [2.45, 2.75) is 76.2 Å². The summed E-state index contributed by atoms with van der Waals surface area (Å²) in [7, 11) is 0. The Balaban J connectivity index is 2.93. The minimum atomic E-state index is -1.06. The minimum Gasteiger partial charge on any atom is -0.460 e. The Kier molecular flexibility index (Phi) is 8.28. The molecule has 0 radical (unpaired) electrons. The third kappa shape index (κ3) is 6.32. The molecule has 0 saturated carbocycles. The molecule has 130 valence electrons. The number of hydrogen-bond acceptors (Lipinski definition) is 6. The Morgan fingerprint density at radius 3 is 2.57 bits per heavy atom. The number of ether oxygens (including phenoxy) is 2. The van der Waals surface area contributed by atoms with Crippen LogP contribution in [0.1, 0.15) is 39.5 Å². The number of esters is 1. The summed E-state index contributed by atoms with van der Waals surface area (Å²) in [5.74, 6) is 1.92. The smallest absolute Gasteiger partial charge is 0.302 e. The van der Waals surface area contributed by atoms with Crippen LogP contribution in [0.15, 0.2) is 12.2 Å². The Hall–Kier alpha value is -1.39. The molecule has 1 aliphatic heterocycles. The van der Waals surface area contributed by atoms with Crippen molar-refractivity contribution in [2.75, 3.05) is 0 Å². The second-order valence-corrected chi connectivity index (χ2v) is 5.75. The summed E-state index contributed by atoms with van der Waals surface area (Å²) >= 11 is 0. The Bertz CT molecular complexity index is 441. The highest BCUT2D eigenvalue weighted by molar-refractivity contribution is 5.66. The summed E-state index contributed by atoms with van der Waals surface area (Å²) in [4.78, 5) is 11.2. The first-order valence-corrected chi connectivity index (χ1v) is 7.87. The maximum absolute atomic E-state index is 11.2. The summed E-state index contributed by atoms with van der Waals surface area (Å²) in [6.45, 7) is 3.14. The molecular formula is C17H26O6. The zero-order chi connectivity index (χ0) is 17.4. The van der Waals surface area contributed by atoms with E-state index < -0.39 is 42.6 Å². The Labute approximate surface area is 137 Å². The number of allylic oxidation sites excluding steroid dienone is 1. The van der Waals surface area contributed by atoms with Crippen molar-refractivity contribution in [2.24, 2.45) is 0 Å². The SMILES string of the molecule is C#C/C=C\CC1OC(C(CC)OC(C)=O)CC(O)C(O)CC1O. The van der Waals surface area contributed by atoms with Gasteiger partial charge in [0, 0.05) is 19.8 Å². The molecule has 0 aromatic rings. The largest absolute Gasteiger partial charge is 0.460 e. The molecule has 1 fully saturated rings. The summed E-state index contributed by atoms with van der Waals surface area (Å²) in [6.07, 6.45) is 4.50. The zero-order valence-corrected chi connectivity index (χ0v) is 13.6. The zero-order valence-electron chi connectivity index (χ0n) is 13.6. The van der Waals surface area contributed by atoms with E-state index in [0.29, 0.717) is 12.8 Å². The van der Waals surface area contributed by atoms with E-state index in [1.165, 1.54) is 13.0 Å². The van der Waals surface area contributed by atoms with E-state index in [0.717, 1.165) is 0 Å². The maximum Gasteiger partial charge on any atom is 0.302 e. The van der Waals surface area contributed by atoms with Gasteiger partial charge in [-0.15, -0.1) is 6.42 Å². The topological polar surface area (TPSA) is 96.2 Å². The molecule has 23 heavy (non-hydrogen) atoms. The summed E-state index contributed by atoms with van der Waals surface area (Å²) in [5.41, 5.74) is 0. The Morgan fingerprint density at radius 2 is 2.00 bits per heavy atom. The molecule has 0 bridgehead atoms. The molecule has 0 amide bonds. The average Bonchev–Trinajstić information content (AvgIpc) is 2.49. The average molecular weight is 326 g/mol. The third-order valence-corrected chi connectivity index (χ3v) is 3.90. The van der Waals surface area contributed by atoms with Gasteiger partial charge in [-0.2, -0.15) is 0 Å². The van der Waals surface area contributed by atoms with Crippen molar-refractivity contribution in [3.05, 3.63) is 12.2 Å². The van der Waals surface area contributed by atoms with E-state index in [4.69, 9.17) is 15.9 Å². The van der Waals surface area contributed by atoms with Crippen LogP contribution in [0, 0.1) is 12.3 Å². The van der Waals surface area contributed by atoms with E-state index in [1.807, 2.05) is 6.92 Å². The van der Waals surface area contributed by atoms with Crippen molar-refractivity contribution < 1.29 is 29.6 Å². The van der Waals surface area contributed by atoms with Crippen molar-refractivity contribution in [3.63, 3.8) is 0 Å². The van der Waals surface area contributed by atoms with Crippen LogP contribution >= 0.6 is 0 Å². The second kappa shape index (κ2) is 9.68. The van der Waals surface area contributed by atoms with E-state index >= 15 is 0 Å². The van der Waals surface area contributed by atoms with Crippen molar-refractivity contribution in [3.8, 4) is 12.3 Å². The van der Waals surface area contributed by atoms with Gasteiger partial charge in [0.15, 0.2) is 0 Å². The van der Waals surface area contributed by atoms with Gasteiger partial charge >= 0.3 is 5.97 Å². The highest BCUT2D eigenvalue weighted by Crippen LogP contribution is 2.26. The van der Waals surface area contributed by atoms with Gasteiger partial charge in [-0.3, -0.25) is 4.79 Å². The number of carbonyl (C=O) groups excluding carboxylic acids is 1. The van der Waals surface area contributed by atoms with E-state index in [-0.39, 0.29) is 12.8 Å². The normalized spacial score (nSPS) is 33.5. The predicted molar refractivity (Wildman–Crippen MR) is 84.4 cm³/mol. The van der Waals surface area contributed by atoms with Crippen LogP contribution in [0.4, 0.5) is 0 Å². The van der Waals surface area contributed by atoms with Crippen LogP contribution in [-0.2, 0) is 14.3 Å². The van der Waals surface area contributed by atoms with E-state index in [9.17, 15) is 20.1 Å². The number of aliphatic hydroxyl groups excluding tert-OH is 3. The van der Waals surface area contributed by atoms with Crippen LogP contribution in [0.3, 0.4) is 0 Å². The van der Waals surface area contributed by atoms with Crippen molar-refractivity contribution in [1.82, 2.24) is 0 Å². The van der Waals surface area contributed by atoms with Crippen LogP contribution in [0.5, 0.6) is 0 Å². The minimum absolute atomic E-state index is 0.00675. The molecule has 1 aliphatic rings. The first-order chi connectivity index (χ1) is 10.9. The first kappa shape index (κ1) is 19.7. The second-order valence-electron chi connectivity index (χ2n) is 5.75. The van der Waals surface area contributed by atoms with Crippen molar-refractivity contribution in [1.29, 1.82) is 0 Å². The number of rotatable bonds is 5. The maximum atomic E-state index is 11.2. The molecular weight excluding hydrogens is 300 g/mol. The highest BCUT2D eigenvalue weighted by atomic mass is 16.6. The van der Waals surface area contributed by atoms with Crippen molar-refractivity contribution >= 4 is 5.97 Å². The summed E-state index contributed by atoms with van der Waals surface area (Å²) in [5, 5.41) is 30.2. The van der Waals surface area contributed by atoms with E-state index in [2.05, 4.69) is 5.92 Å². The summed E-state index contributed by atoms with van der Waals surface area (Å²) < 4.78 is 11.1. The lowest BCUT2D eigenvalue weighted by molar-refractivity contribution is -0.180. The van der Waals surface area contributed by atoms with Crippen LogP contribution in [0.2, 0.25) is 0 Å². The lowest BCUT2D eigenvalue weighted by Crippen LogP contribution is -2.48. The van der Waals surface area contributed by atoms with Gasteiger partial charge in [0.25, 0.3) is 0 Å². The molecule has 6 nitrogen and oxygen atoms in total. The van der Waals surface area contributed by atoms with E-state index in [1.54, 1.807) is 6.08 Å². The molecule has 6 heteroatoms. The predicted octanol–water partition coefficient (Wildman–Crippen LogP) is 0.538. The quantitative estimate of drug-likeness (QED) is 0.504. The molecule has 1 rings (SSSR count). The van der Waals surface area contributed by atoms with Gasteiger partial charge in [0.1, 0.15) is 6.10 Å². The molecule has 0 aliphatic carbocycles. The van der Waals surface area contributed by atoms with Gasteiger partial charge in [-0.25, -0.2) is 0 Å². The molecule has 3 N–H and O–H groups in total. The fourth-order valence-corrected chi connectivity index (χ4v) is 2.68. The van der Waals surface area contributed by atoms with Crippen LogP contribution < -0.4 is 0 Å². The molecule has 0 aromatic heterocycles. The lowest BCUT2D eigenvalue weighted by Gasteiger charge is -2.37. The molecule has 1 saturated heterocycles. The third-order valence-electron chi connectivity index (χ3n) is 3.90. The molecule has 0 spiro atoms. The van der Waals surface area contributed by atoms with Gasteiger partial charge in [-0.1, -0.05) is 18.9 Å². The standard InChI is InChI=1S/C17H26O6/c1-4-6-7-8-16-14(21)9-12(19)13(20)10-17(23-16)15(5-2)22-11(3)18/h1,6-7,12-17,19-21H,5,8-10H2,2-3H3/b7-6-. The number of terminal acetylenes is 1. The van der Waals surface area contributed by atoms with Gasteiger partial charge in [0.05, 0.1) is 30.5 Å². The molecule has 0 aromatic carbocycles. The highest BCUT2D eigenvalue weighted by Gasteiger charge is 2.37.